The number of carbonyl (C=O) groups excluding carboxylic acids is 1. The summed E-state index contributed by atoms with van der Waals surface area (Å²) in [5.74, 6) is 1.20. The molecule has 1 aliphatic heterocycles. The van der Waals surface area contributed by atoms with E-state index in [1.54, 1.807) is 10.9 Å². The van der Waals surface area contributed by atoms with Crippen LogP contribution in [0.5, 0.6) is 5.75 Å². The quantitative estimate of drug-likeness (QED) is 0.423. The van der Waals surface area contributed by atoms with Gasteiger partial charge in [0.05, 0.1) is 18.1 Å². The average molecular weight is 443 g/mol. The van der Waals surface area contributed by atoms with E-state index in [4.69, 9.17) is 4.74 Å². The van der Waals surface area contributed by atoms with Crippen molar-refractivity contribution in [2.24, 2.45) is 7.05 Å². The lowest BCUT2D eigenvalue weighted by Gasteiger charge is -2.29. The first-order valence-corrected chi connectivity index (χ1v) is 11.1. The lowest BCUT2D eigenvalue weighted by molar-refractivity contribution is 0.0987. The third-order valence-electron chi connectivity index (χ3n) is 5.97. The largest absolute Gasteiger partial charge is 0.490 e. The Hall–Kier alpha value is -3.65. The van der Waals surface area contributed by atoms with Crippen LogP contribution >= 0.6 is 0 Å². The first-order chi connectivity index (χ1) is 16.0. The van der Waals surface area contributed by atoms with Gasteiger partial charge in [0.1, 0.15) is 23.4 Å². The fourth-order valence-corrected chi connectivity index (χ4v) is 4.07. The van der Waals surface area contributed by atoms with E-state index in [1.165, 1.54) is 0 Å². The lowest BCUT2D eigenvalue weighted by atomic mass is 10.1. The maximum Gasteiger partial charge on any atom is 0.170 e. The predicted octanol–water partition coefficient (Wildman–Crippen LogP) is 3.32. The summed E-state index contributed by atoms with van der Waals surface area (Å²) in [5.41, 5.74) is 3.08. The summed E-state index contributed by atoms with van der Waals surface area (Å²) < 4.78 is 7.80. The second kappa shape index (κ2) is 9.07. The van der Waals surface area contributed by atoms with Crippen LogP contribution in [0.4, 0.5) is 0 Å². The smallest absolute Gasteiger partial charge is 0.170 e. The van der Waals surface area contributed by atoms with E-state index in [9.17, 15) is 4.79 Å². The van der Waals surface area contributed by atoms with Crippen molar-refractivity contribution in [3.63, 3.8) is 0 Å². The first kappa shape index (κ1) is 21.2. The fourth-order valence-electron chi connectivity index (χ4n) is 4.07. The van der Waals surface area contributed by atoms with Crippen LogP contribution in [0.15, 0.2) is 54.9 Å². The minimum atomic E-state index is -0.0340. The molecule has 5 rings (SSSR count). The molecule has 2 aromatic carbocycles. The molecule has 0 radical (unpaired) electrons. The van der Waals surface area contributed by atoms with Gasteiger partial charge in [-0.2, -0.15) is 0 Å². The highest BCUT2D eigenvalue weighted by molar-refractivity contribution is 5.97. The Morgan fingerprint density at radius 2 is 1.97 bits per heavy atom. The van der Waals surface area contributed by atoms with Crippen molar-refractivity contribution in [3.8, 4) is 17.0 Å². The Balaban J connectivity index is 1.31. The lowest BCUT2D eigenvalue weighted by Crippen LogP contribution is -2.35. The monoisotopic (exact) mass is 442 g/mol. The molecule has 2 aromatic heterocycles. The van der Waals surface area contributed by atoms with Crippen molar-refractivity contribution in [1.82, 2.24) is 29.9 Å². The van der Waals surface area contributed by atoms with Gasteiger partial charge in [-0.1, -0.05) is 29.5 Å². The van der Waals surface area contributed by atoms with E-state index >= 15 is 0 Å². The van der Waals surface area contributed by atoms with Gasteiger partial charge >= 0.3 is 0 Å². The summed E-state index contributed by atoms with van der Waals surface area (Å²) in [5, 5.41) is 9.06. The van der Waals surface area contributed by atoms with Gasteiger partial charge in [-0.25, -0.2) is 9.97 Å². The van der Waals surface area contributed by atoms with Crippen molar-refractivity contribution >= 4 is 16.7 Å². The number of Topliss-reactive ketones (excluding diaryl/α,β-unsaturated/α-hetero) is 1. The zero-order chi connectivity index (χ0) is 22.8. The van der Waals surface area contributed by atoms with Crippen molar-refractivity contribution in [3.05, 3.63) is 66.2 Å². The Labute approximate surface area is 192 Å². The molecule has 0 aliphatic carbocycles. The standard InChI is InChI=1S/C25H26N6O2/c1-30-10-8-20(9-11-30)33-21-5-3-4-18(12-21)24(32)14-25-26-15-19-7-6-17(13-22(19)27-25)23-16-31(2)29-28-23/h3-7,12-13,15-16,20H,8-11,14H2,1-2H3. The van der Waals surface area contributed by atoms with Crippen LogP contribution in [0, 0.1) is 0 Å². The number of nitrogens with zero attached hydrogens (tertiary/aromatic N) is 6. The number of carbonyl (C=O) groups is 1. The number of rotatable bonds is 6. The average Bonchev–Trinajstić information content (AvgIpc) is 3.26. The SMILES string of the molecule is CN1CCC(Oc2cccc(C(=O)Cc3ncc4ccc(-c5cn(C)nn5)cc4n3)c2)CC1. The van der Waals surface area contributed by atoms with Crippen LogP contribution in [0.25, 0.3) is 22.2 Å². The topological polar surface area (TPSA) is 86.0 Å². The molecule has 0 bridgehead atoms. The fraction of sp³-hybridized carbons (Fsp3) is 0.320. The van der Waals surface area contributed by atoms with E-state index in [0.29, 0.717) is 11.4 Å². The highest BCUT2D eigenvalue weighted by Gasteiger charge is 2.19. The number of ether oxygens (including phenoxy) is 1. The minimum Gasteiger partial charge on any atom is -0.490 e. The third-order valence-corrected chi connectivity index (χ3v) is 5.97. The summed E-state index contributed by atoms with van der Waals surface area (Å²) in [7, 11) is 3.96. The molecule has 1 aliphatic rings. The van der Waals surface area contributed by atoms with Crippen LogP contribution in [0.3, 0.4) is 0 Å². The van der Waals surface area contributed by atoms with Crippen LogP contribution in [0.2, 0.25) is 0 Å². The number of aryl methyl sites for hydroxylation is 1. The highest BCUT2D eigenvalue weighted by atomic mass is 16.5. The summed E-state index contributed by atoms with van der Waals surface area (Å²) >= 11 is 0. The summed E-state index contributed by atoms with van der Waals surface area (Å²) in [6.07, 6.45) is 5.92. The molecule has 0 saturated carbocycles. The number of piperidine rings is 1. The van der Waals surface area contributed by atoms with Gasteiger partial charge in [0, 0.05) is 42.8 Å². The van der Waals surface area contributed by atoms with E-state index < -0.39 is 0 Å². The Kier molecular flexibility index (Phi) is 5.83. The van der Waals surface area contributed by atoms with Gasteiger partial charge in [-0.05, 0) is 38.1 Å². The molecular formula is C25H26N6O2. The molecule has 0 spiro atoms. The number of fused-ring (bicyclic) bond motifs is 1. The molecule has 168 valence electrons. The zero-order valence-electron chi connectivity index (χ0n) is 18.8. The second-order valence-electron chi connectivity index (χ2n) is 8.59. The summed E-state index contributed by atoms with van der Waals surface area (Å²) in [6.45, 7) is 2.06. The van der Waals surface area contributed by atoms with Crippen molar-refractivity contribution in [2.45, 2.75) is 25.4 Å². The van der Waals surface area contributed by atoms with Crippen molar-refractivity contribution in [1.29, 1.82) is 0 Å². The molecular weight excluding hydrogens is 416 g/mol. The minimum absolute atomic E-state index is 0.0340. The maximum absolute atomic E-state index is 13.0. The maximum atomic E-state index is 13.0. The Bertz CT molecular complexity index is 1290. The van der Waals surface area contributed by atoms with Gasteiger partial charge in [-0.3, -0.25) is 9.48 Å². The molecule has 0 unspecified atom stereocenters. The van der Waals surface area contributed by atoms with Gasteiger partial charge in [0.2, 0.25) is 0 Å². The van der Waals surface area contributed by atoms with E-state index in [0.717, 1.165) is 53.8 Å². The molecule has 0 N–H and O–H groups in total. The summed E-state index contributed by atoms with van der Waals surface area (Å²) in [6, 6.07) is 13.3. The van der Waals surface area contributed by atoms with Crippen LogP contribution in [0.1, 0.15) is 29.0 Å². The number of hydrogen-bond donors (Lipinski definition) is 0. The molecule has 33 heavy (non-hydrogen) atoms. The number of aromatic nitrogens is 5. The molecule has 8 nitrogen and oxygen atoms in total. The predicted molar refractivity (Wildman–Crippen MR) is 125 cm³/mol. The van der Waals surface area contributed by atoms with E-state index in [-0.39, 0.29) is 18.3 Å². The number of ketones is 1. The van der Waals surface area contributed by atoms with Crippen LogP contribution in [-0.4, -0.2) is 61.9 Å². The highest BCUT2D eigenvalue weighted by Crippen LogP contribution is 2.23. The van der Waals surface area contributed by atoms with Crippen molar-refractivity contribution in [2.75, 3.05) is 20.1 Å². The normalized spacial score (nSPS) is 15.1. The molecule has 0 amide bonds. The van der Waals surface area contributed by atoms with E-state index in [2.05, 4.69) is 32.2 Å². The third kappa shape index (κ3) is 4.90. The molecule has 0 atom stereocenters. The zero-order valence-corrected chi connectivity index (χ0v) is 18.8. The molecule has 3 heterocycles. The molecule has 1 fully saturated rings. The summed E-state index contributed by atoms with van der Waals surface area (Å²) in [4.78, 5) is 24.3. The van der Waals surface area contributed by atoms with E-state index in [1.807, 2.05) is 55.7 Å². The van der Waals surface area contributed by atoms with Crippen LogP contribution < -0.4 is 4.74 Å². The molecule has 4 aromatic rings. The molecule has 8 heteroatoms. The molecule has 1 saturated heterocycles. The number of benzene rings is 2. The number of hydrogen-bond acceptors (Lipinski definition) is 7. The van der Waals surface area contributed by atoms with Gasteiger partial charge in [0.25, 0.3) is 0 Å². The first-order valence-electron chi connectivity index (χ1n) is 11.1. The van der Waals surface area contributed by atoms with Gasteiger partial charge in [-0.15, -0.1) is 5.10 Å². The van der Waals surface area contributed by atoms with Gasteiger partial charge < -0.3 is 9.64 Å². The van der Waals surface area contributed by atoms with Gasteiger partial charge in [0.15, 0.2) is 5.78 Å². The second-order valence-corrected chi connectivity index (χ2v) is 8.59. The number of likely N-dealkylation sites (tertiary alicyclic amines) is 1. The van der Waals surface area contributed by atoms with Crippen molar-refractivity contribution < 1.29 is 9.53 Å². The Morgan fingerprint density at radius 1 is 1.12 bits per heavy atom. The Morgan fingerprint density at radius 3 is 2.76 bits per heavy atom. The van der Waals surface area contributed by atoms with Crippen LogP contribution in [-0.2, 0) is 13.5 Å².